The highest BCUT2D eigenvalue weighted by atomic mass is 19.1. The van der Waals surface area contributed by atoms with Crippen molar-refractivity contribution in [1.82, 2.24) is 15.1 Å². The summed E-state index contributed by atoms with van der Waals surface area (Å²) in [7, 11) is 0. The zero-order valence-corrected chi connectivity index (χ0v) is 22.4. The smallest absolute Gasteiger partial charge is 0.255 e. The molecular weight excluding hydrogens is 509 g/mol. The number of benzene rings is 3. The molecule has 0 spiro atoms. The lowest BCUT2D eigenvalue weighted by molar-refractivity contribution is -0.129. The molecule has 40 heavy (non-hydrogen) atoms. The molecule has 2 unspecified atom stereocenters. The van der Waals surface area contributed by atoms with Gasteiger partial charge in [0.05, 0.1) is 12.6 Å². The molecule has 0 saturated carbocycles. The van der Waals surface area contributed by atoms with Gasteiger partial charge in [0.25, 0.3) is 5.91 Å². The van der Waals surface area contributed by atoms with Gasteiger partial charge in [-0.25, -0.2) is 4.39 Å². The number of aliphatic hydroxyl groups is 1. The third kappa shape index (κ3) is 5.60. The zero-order chi connectivity index (χ0) is 27.6. The number of piperidine rings is 2. The Hall–Kier alpha value is -3.75. The van der Waals surface area contributed by atoms with Crippen molar-refractivity contribution in [2.75, 3.05) is 13.1 Å². The summed E-state index contributed by atoms with van der Waals surface area (Å²) < 4.78 is 19.8. The molecule has 8 heteroatoms. The largest absolute Gasteiger partial charge is 0.489 e. The number of nitrogens with zero attached hydrogens (tertiary/aromatic N) is 2. The topological polar surface area (TPSA) is 82.1 Å². The van der Waals surface area contributed by atoms with E-state index in [9.17, 15) is 19.1 Å². The molecule has 0 bridgehead atoms. The average molecular weight is 544 g/mol. The Bertz CT molecular complexity index is 1390. The van der Waals surface area contributed by atoms with E-state index in [1.165, 1.54) is 11.6 Å². The van der Waals surface area contributed by atoms with E-state index >= 15 is 0 Å². The van der Waals surface area contributed by atoms with Crippen LogP contribution in [0.1, 0.15) is 64.2 Å². The second-order valence-corrected chi connectivity index (χ2v) is 11.0. The van der Waals surface area contributed by atoms with Gasteiger partial charge in [0.1, 0.15) is 24.4 Å². The molecule has 2 atom stereocenters. The predicted octanol–water partition coefficient (Wildman–Crippen LogP) is 4.34. The average Bonchev–Trinajstić information content (AvgIpc) is 3.29. The fourth-order valence-electron chi connectivity index (χ4n) is 6.17. The summed E-state index contributed by atoms with van der Waals surface area (Å²) in [4.78, 5) is 28.8. The summed E-state index contributed by atoms with van der Waals surface area (Å²) in [5.41, 5.74) is 4.78. The van der Waals surface area contributed by atoms with Crippen LogP contribution in [0.5, 0.6) is 5.75 Å². The van der Waals surface area contributed by atoms with Gasteiger partial charge >= 0.3 is 0 Å². The Balaban J connectivity index is 1.03. The van der Waals surface area contributed by atoms with Gasteiger partial charge in [0.2, 0.25) is 5.91 Å². The number of halogens is 1. The van der Waals surface area contributed by atoms with Crippen LogP contribution >= 0.6 is 0 Å². The van der Waals surface area contributed by atoms with Gasteiger partial charge in [-0.2, -0.15) is 0 Å². The summed E-state index contributed by atoms with van der Waals surface area (Å²) in [5, 5.41) is 12.9. The van der Waals surface area contributed by atoms with Crippen molar-refractivity contribution in [2.24, 2.45) is 0 Å². The number of aliphatic hydroxyl groups excluding tert-OH is 1. The van der Waals surface area contributed by atoms with Gasteiger partial charge in [0.15, 0.2) is 0 Å². The Morgan fingerprint density at radius 3 is 2.45 bits per heavy atom. The van der Waals surface area contributed by atoms with Crippen LogP contribution in [0.15, 0.2) is 66.7 Å². The van der Waals surface area contributed by atoms with Crippen molar-refractivity contribution in [1.29, 1.82) is 0 Å². The lowest BCUT2D eigenvalue weighted by atomic mass is 9.89. The molecule has 2 fully saturated rings. The number of likely N-dealkylation sites (tertiary alicyclic amines) is 1. The lowest BCUT2D eigenvalue weighted by Crippen LogP contribution is -2.55. The minimum atomic E-state index is -1.07. The van der Waals surface area contributed by atoms with Gasteiger partial charge in [-0.15, -0.1) is 0 Å². The molecule has 0 aliphatic carbocycles. The van der Waals surface area contributed by atoms with Crippen LogP contribution in [0.2, 0.25) is 0 Å². The van der Waals surface area contributed by atoms with Crippen molar-refractivity contribution < 1.29 is 23.8 Å². The number of nitrogens with one attached hydrogen (secondary N) is 1. The second kappa shape index (κ2) is 11.4. The minimum absolute atomic E-state index is 0.148. The molecule has 3 aromatic rings. The summed E-state index contributed by atoms with van der Waals surface area (Å²) in [5.74, 6) is 0.569. The number of carbonyl (C=O) groups excluding carboxylic acids is 2. The molecule has 208 valence electrons. The van der Waals surface area contributed by atoms with Crippen molar-refractivity contribution in [3.63, 3.8) is 0 Å². The highest BCUT2D eigenvalue weighted by molar-refractivity contribution is 5.99. The fourth-order valence-corrected chi connectivity index (χ4v) is 6.17. The van der Waals surface area contributed by atoms with Gasteiger partial charge < -0.3 is 20.1 Å². The first kappa shape index (κ1) is 26.5. The van der Waals surface area contributed by atoms with E-state index in [0.717, 1.165) is 49.2 Å². The Morgan fingerprint density at radius 2 is 1.70 bits per heavy atom. The quantitative estimate of drug-likeness (QED) is 0.464. The third-order valence-corrected chi connectivity index (χ3v) is 8.42. The lowest BCUT2D eigenvalue weighted by Gasteiger charge is -2.35. The molecule has 3 aromatic carbocycles. The van der Waals surface area contributed by atoms with E-state index in [1.807, 2.05) is 18.2 Å². The third-order valence-electron chi connectivity index (χ3n) is 8.42. The van der Waals surface area contributed by atoms with Crippen molar-refractivity contribution >= 4 is 11.8 Å². The molecule has 0 radical (unpaired) electrons. The predicted molar refractivity (Wildman–Crippen MR) is 148 cm³/mol. The molecule has 0 aromatic heterocycles. The standard InChI is InChI=1S/C32H34FN3O4/c33-25-4-1-3-24(17-25)23-13-15-35(16-14-23)18-21-7-9-22(10-8-21)20-40-29-6-2-5-26-27(29)19-36(32(26)39)28-11-12-30(37)34-31(28)38/h1-10,17,23,28,31,38H,11-16,18-20H2,(H,34,37). The molecule has 7 nitrogen and oxygen atoms in total. The first-order valence-corrected chi connectivity index (χ1v) is 14.0. The van der Waals surface area contributed by atoms with E-state index in [2.05, 4.69) is 34.5 Å². The Kier molecular flexibility index (Phi) is 7.54. The van der Waals surface area contributed by atoms with E-state index in [-0.39, 0.29) is 24.1 Å². The van der Waals surface area contributed by atoms with Crippen LogP contribution < -0.4 is 10.1 Å². The molecular formula is C32H34FN3O4. The van der Waals surface area contributed by atoms with Crippen molar-refractivity contribution in [3.8, 4) is 5.75 Å². The second-order valence-electron chi connectivity index (χ2n) is 11.0. The van der Waals surface area contributed by atoms with Crippen LogP contribution in [0.25, 0.3) is 0 Å². The first-order valence-electron chi connectivity index (χ1n) is 14.0. The minimum Gasteiger partial charge on any atom is -0.489 e. The van der Waals surface area contributed by atoms with E-state index in [4.69, 9.17) is 4.74 Å². The van der Waals surface area contributed by atoms with Crippen molar-refractivity contribution in [2.45, 2.75) is 63.6 Å². The van der Waals surface area contributed by atoms with Crippen LogP contribution in [-0.2, 0) is 24.5 Å². The van der Waals surface area contributed by atoms with Crippen LogP contribution in [-0.4, -0.2) is 52.1 Å². The number of carbonyl (C=O) groups is 2. The fraction of sp³-hybridized carbons (Fsp3) is 0.375. The van der Waals surface area contributed by atoms with Gasteiger partial charge in [-0.3, -0.25) is 14.5 Å². The summed E-state index contributed by atoms with van der Waals surface area (Å²) in [6.07, 6.45) is 1.72. The number of ether oxygens (including phenoxy) is 1. The van der Waals surface area contributed by atoms with Crippen molar-refractivity contribution in [3.05, 3.63) is 100 Å². The summed E-state index contributed by atoms with van der Waals surface area (Å²) in [6, 6.07) is 20.4. The maximum atomic E-state index is 13.6. The van der Waals surface area contributed by atoms with Gasteiger partial charge in [-0.05, 0) is 79.2 Å². The summed E-state index contributed by atoms with van der Waals surface area (Å²) in [6.45, 7) is 3.59. The highest BCUT2D eigenvalue weighted by Gasteiger charge is 2.40. The van der Waals surface area contributed by atoms with E-state index in [1.54, 1.807) is 23.1 Å². The number of fused-ring (bicyclic) bond motifs is 1. The first-order chi connectivity index (χ1) is 19.4. The molecule has 3 heterocycles. The van der Waals surface area contributed by atoms with Crippen LogP contribution in [0.3, 0.4) is 0 Å². The normalized spacial score (nSPS) is 21.8. The maximum absolute atomic E-state index is 13.6. The Morgan fingerprint density at radius 1 is 0.950 bits per heavy atom. The SMILES string of the molecule is O=C1CCC(N2Cc3c(OCc4ccc(CN5CCC(c6cccc(F)c6)CC5)cc4)cccc3C2=O)C(O)N1. The zero-order valence-electron chi connectivity index (χ0n) is 22.4. The van der Waals surface area contributed by atoms with Gasteiger partial charge in [-0.1, -0.05) is 42.5 Å². The molecule has 3 aliphatic heterocycles. The van der Waals surface area contributed by atoms with Crippen LogP contribution in [0.4, 0.5) is 4.39 Å². The molecule has 2 N–H and O–H groups in total. The molecule has 2 saturated heterocycles. The Labute approximate surface area is 233 Å². The number of hydrogen-bond acceptors (Lipinski definition) is 5. The van der Waals surface area contributed by atoms with E-state index < -0.39 is 12.3 Å². The maximum Gasteiger partial charge on any atom is 0.255 e. The number of rotatable bonds is 7. The van der Waals surface area contributed by atoms with Gasteiger partial charge in [0, 0.05) is 24.1 Å². The van der Waals surface area contributed by atoms with E-state index in [0.29, 0.717) is 36.8 Å². The number of hydrogen-bond donors (Lipinski definition) is 2. The number of amides is 2. The monoisotopic (exact) mass is 543 g/mol. The van der Waals surface area contributed by atoms with Crippen LogP contribution in [0, 0.1) is 5.82 Å². The summed E-state index contributed by atoms with van der Waals surface area (Å²) >= 11 is 0. The molecule has 6 rings (SSSR count). The molecule has 3 aliphatic rings. The molecule has 2 amide bonds. The highest BCUT2D eigenvalue weighted by Crippen LogP contribution is 2.34.